The lowest BCUT2D eigenvalue weighted by atomic mass is 9.92. The second-order valence-electron chi connectivity index (χ2n) is 4.78. The van der Waals surface area contributed by atoms with Gasteiger partial charge < -0.3 is 15.8 Å². The molecule has 1 aliphatic heterocycles. The van der Waals surface area contributed by atoms with Crippen LogP contribution >= 0.6 is 0 Å². The summed E-state index contributed by atoms with van der Waals surface area (Å²) in [7, 11) is 0. The van der Waals surface area contributed by atoms with Crippen LogP contribution in [-0.4, -0.2) is 19.2 Å². The predicted octanol–water partition coefficient (Wildman–Crippen LogP) is 1.89. The third kappa shape index (κ3) is 1.87. The molecule has 1 aromatic rings. The number of hydrogen-bond acceptors (Lipinski definition) is 3. The first-order chi connectivity index (χ1) is 7.84. The van der Waals surface area contributed by atoms with Crippen LogP contribution in [-0.2, 0) is 0 Å². The molecule has 1 saturated carbocycles. The zero-order chi connectivity index (χ0) is 11.0. The van der Waals surface area contributed by atoms with Crippen molar-refractivity contribution >= 4 is 5.69 Å². The molecule has 3 rings (SSSR count). The summed E-state index contributed by atoms with van der Waals surface area (Å²) in [5.74, 6) is 1.48. The zero-order valence-corrected chi connectivity index (χ0v) is 9.41. The summed E-state index contributed by atoms with van der Waals surface area (Å²) in [4.78, 5) is 0. The molecule has 0 radical (unpaired) electrons. The molecular weight excluding hydrogens is 200 g/mol. The van der Waals surface area contributed by atoms with E-state index in [0.717, 1.165) is 37.1 Å². The lowest BCUT2D eigenvalue weighted by Gasteiger charge is -2.27. The van der Waals surface area contributed by atoms with Gasteiger partial charge in [0.05, 0.1) is 12.3 Å². The first-order valence-electron chi connectivity index (χ1n) is 6.09. The summed E-state index contributed by atoms with van der Waals surface area (Å²) < 4.78 is 5.65. The van der Waals surface area contributed by atoms with Crippen LogP contribution in [0.5, 0.6) is 5.75 Å². The highest BCUT2D eigenvalue weighted by Gasteiger charge is 2.26. The SMILES string of the molecule is Nc1cccc2c1OCCC2CNC1CC1. The summed E-state index contributed by atoms with van der Waals surface area (Å²) in [5.41, 5.74) is 7.98. The highest BCUT2D eigenvalue weighted by Crippen LogP contribution is 2.37. The molecule has 0 saturated heterocycles. The Morgan fingerprint density at radius 1 is 1.31 bits per heavy atom. The lowest BCUT2D eigenvalue weighted by Crippen LogP contribution is -2.27. The van der Waals surface area contributed by atoms with Crippen LogP contribution in [0, 0.1) is 0 Å². The quantitative estimate of drug-likeness (QED) is 0.762. The third-order valence-electron chi connectivity index (χ3n) is 3.46. The number of ether oxygens (including phenoxy) is 1. The van der Waals surface area contributed by atoms with Crippen molar-refractivity contribution in [1.29, 1.82) is 0 Å². The van der Waals surface area contributed by atoms with Gasteiger partial charge in [-0.05, 0) is 25.3 Å². The van der Waals surface area contributed by atoms with Gasteiger partial charge in [0.15, 0.2) is 0 Å². The molecule has 1 aliphatic carbocycles. The maximum Gasteiger partial charge on any atom is 0.145 e. The van der Waals surface area contributed by atoms with Gasteiger partial charge in [-0.2, -0.15) is 0 Å². The van der Waals surface area contributed by atoms with Gasteiger partial charge in [-0.3, -0.25) is 0 Å². The monoisotopic (exact) mass is 218 g/mol. The number of nitrogens with two attached hydrogens (primary N) is 1. The van der Waals surface area contributed by atoms with E-state index in [4.69, 9.17) is 10.5 Å². The zero-order valence-electron chi connectivity index (χ0n) is 9.41. The van der Waals surface area contributed by atoms with Crippen molar-refractivity contribution in [2.24, 2.45) is 0 Å². The Morgan fingerprint density at radius 2 is 2.19 bits per heavy atom. The minimum atomic E-state index is 0.563. The van der Waals surface area contributed by atoms with Crippen molar-refractivity contribution in [3.8, 4) is 5.75 Å². The van der Waals surface area contributed by atoms with Crippen molar-refractivity contribution in [3.63, 3.8) is 0 Å². The van der Waals surface area contributed by atoms with Crippen LogP contribution in [0.15, 0.2) is 18.2 Å². The van der Waals surface area contributed by atoms with Crippen LogP contribution in [0.4, 0.5) is 5.69 Å². The minimum Gasteiger partial charge on any atom is -0.491 e. The molecule has 1 fully saturated rings. The Bertz CT molecular complexity index is 388. The Labute approximate surface area is 96.0 Å². The van der Waals surface area contributed by atoms with Gasteiger partial charge in [-0.15, -0.1) is 0 Å². The van der Waals surface area contributed by atoms with Gasteiger partial charge >= 0.3 is 0 Å². The number of rotatable bonds is 3. The van der Waals surface area contributed by atoms with Crippen molar-refractivity contribution < 1.29 is 4.74 Å². The summed E-state index contributed by atoms with van der Waals surface area (Å²) >= 11 is 0. The summed E-state index contributed by atoms with van der Waals surface area (Å²) in [6, 6.07) is 6.85. The van der Waals surface area contributed by atoms with E-state index >= 15 is 0 Å². The van der Waals surface area contributed by atoms with Crippen LogP contribution in [0.3, 0.4) is 0 Å². The van der Waals surface area contributed by atoms with Crippen molar-refractivity contribution in [2.45, 2.75) is 31.2 Å². The first kappa shape index (κ1) is 9.97. The Hall–Kier alpha value is -1.22. The molecule has 0 bridgehead atoms. The summed E-state index contributed by atoms with van der Waals surface area (Å²) in [6.07, 6.45) is 3.77. The Kier molecular flexibility index (Phi) is 2.48. The Morgan fingerprint density at radius 3 is 3.00 bits per heavy atom. The number of anilines is 1. The first-order valence-corrected chi connectivity index (χ1v) is 6.09. The minimum absolute atomic E-state index is 0.563. The van der Waals surface area contributed by atoms with E-state index in [1.165, 1.54) is 18.4 Å². The molecule has 0 aromatic heterocycles. The van der Waals surface area contributed by atoms with E-state index in [1.807, 2.05) is 12.1 Å². The molecule has 2 aliphatic rings. The summed E-state index contributed by atoms with van der Waals surface area (Å²) in [6.45, 7) is 1.85. The second-order valence-corrected chi connectivity index (χ2v) is 4.78. The molecule has 1 aromatic carbocycles. The molecular formula is C13H18N2O. The number of nitrogens with one attached hydrogen (secondary N) is 1. The predicted molar refractivity (Wildman–Crippen MR) is 64.7 cm³/mol. The fraction of sp³-hybridized carbons (Fsp3) is 0.538. The van der Waals surface area contributed by atoms with E-state index in [1.54, 1.807) is 0 Å². The molecule has 0 amide bonds. The van der Waals surface area contributed by atoms with Gasteiger partial charge in [-0.25, -0.2) is 0 Å². The number of nitrogen functional groups attached to an aromatic ring is 1. The standard InChI is InChI=1S/C13H18N2O/c14-12-3-1-2-11-9(6-7-16-13(11)12)8-15-10-4-5-10/h1-3,9-10,15H,4-8,14H2. The van der Waals surface area contributed by atoms with Gasteiger partial charge in [-0.1, -0.05) is 12.1 Å². The van der Waals surface area contributed by atoms with Crippen LogP contribution in [0.25, 0.3) is 0 Å². The van der Waals surface area contributed by atoms with E-state index in [-0.39, 0.29) is 0 Å². The van der Waals surface area contributed by atoms with Crippen LogP contribution in [0.1, 0.15) is 30.7 Å². The molecule has 3 heteroatoms. The normalized spacial score (nSPS) is 23.6. The molecule has 1 atom stereocenters. The Balaban J connectivity index is 1.78. The van der Waals surface area contributed by atoms with Crippen molar-refractivity contribution in [1.82, 2.24) is 5.32 Å². The number of benzene rings is 1. The van der Waals surface area contributed by atoms with Crippen molar-refractivity contribution in [2.75, 3.05) is 18.9 Å². The van der Waals surface area contributed by atoms with Gasteiger partial charge in [0.2, 0.25) is 0 Å². The average molecular weight is 218 g/mol. The molecule has 0 spiro atoms. The van der Waals surface area contributed by atoms with E-state index < -0.39 is 0 Å². The maximum atomic E-state index is 5.93. The van der Waals surface area contributed by atoms with Crippen LogP contribution in [0.2, 0.25) is 0 Å². The van der Waals surface area contributed by atoms with Gasteiger partial charge in [0.25, 0.3) is 0 Å². The average Bonchev–Trinajstić information content (AvgIpc) is 3.11. The fourth-order valence-corrected chi connectivity index (χ4v) is 2.33. The smallest absolute Gasteiger partial charge is 0.145 e. The van der Waals surface area contributed by atoms with Crippen molar-refractivity contribution in [3.05, 3.63) is 23.8 Å². The number of para-hydroxylation sites is 1. The summed E-state index contributed by atoms with van der Waals surface area (Å²) in [5, 5.41) is 3.59. The molecule has 1 unspecified atom stereocenters. The molecule has 3 N–H and O–H groups in total. The fourth-order valence-electron chi connectivity index (χ4n) is 2.33. The highest BCUT2D eigenvalue weighted by atomic mass is 16.5. The molecule has 3 nitrogen and oxygen atoms in total. The topological polar surface area (TPSA) is 47.3 Å². The molecule has 86 valence electrons. The van der Waals surface area contributed by atoms with E-state index in [9.17, 15) is 0 Å². The number of hydrogen-bond donors (Lipinski definition) is 2. The van der Waals surface area contributed by atoms with Gasteiger partial charge in [0, 0.05) is 24.1 Å². The molecule has 16 heavy (non-hydrogen) atoms. The van der Waals surface area contributed by atoms with E-state index in [0.29, 0.717) is 5.92 Å². The molecule has 1 heterocycles. The van der Waals surface area contributed by atoms with Crippen LogP contribution < -0.4 is 15.8 Å². The second kappa shape index (κ2) is 3.98. The maximum absolute atomic E-state index is 5.93. The lowest BCUT2D eigenvalue weighted by molar-refractivity contribution is 0.266. The van der Waals surface area contributed by atoms with Gasteiger partial charge in [0.1, 0.15) is 5.75 Å². The largest absolute Gasteiger partial charge is 0.491 e. The highest BCUT2D eigenvalue weighted by molar-refractivity contribution is 5.58. The third-order valence-corrected chi connectivity index (χ3v) is 3.46. The number of fused-ring (bicyclic) bond motifs is 1. The van der Waals surface area contributed by atoms with E-state index in [2.05, 4.69) is 11.4 Å².